The molecule has 14 heteroatoms. The molecule has 0 aromatic heterocycles. The second-order valence-corrected chi connectivity index (χ2v) is 10.8. The number of alkyl halides is 1. The summed E-state index contributed by atoms with van der Waals surface area (Å²) in [6, 6.07) is 0. The summed E-state index contributed by atoms with van der Waals surface area (Å²) in [6.45, 7) is 15.5. The van der Waals surface area contributed by atoms with E-state index in [9.17, 15) is 24.0 Å². The average molecular weight is 585 g/mol. The minimum absolute atomic E-state index is 0.0669. The van der Waals surface area contributed by atoms with E-state index in [1.54, 1.807) is 34.6 Å². The third-order valence-corrected chi connectivity index (χ3v) is 3.68. The molecule has 0 radical (unpaired) electrons. The summed E-state index contributed by atoms with van der Waals surface area (Å²) in [5, 5.41) is 14.4. The first kappa shape index (κ1) is 37.5. The fourth-order valence-electron chi connectivity index (χ4n) is 1.20. The number of rotatable bonds is 11. The number of hydrogen-bond donors (Lipinski definition) is 1. The second kappa shape index (κ2) is 18.3. The standard InChI is InChI=1S/C9H15NO4.C8H15BrO2.C5H7NO5/c1-7(5-13-6-11)10-14-9(3,4)8(2)12;1-7(2,3)11-6(10)8(4,5)9;1-10-5(8)4(6-9)2-11-3-7/h6H,5H2,1-4H3;1-5H3;3,9H,2H2,1H3/b10-7-;;6-4-. The van der Waals surface area contributed by atoms with Crippen molar-refractivity contribution in [1.29, 1.82) is 0 Å². The third kappa shape index (κ3) is 21.5. The van der Waals surface area contributed by atoms with Crippen molar-refractivity contribution < 1.29 is 53.0 Å². The van der Waals surface area contributed by atoms with Crippen molar-refractivity contribution in [2.24, 2.45) is 10.3 Å². The van der Waals surface area contributed by atoms with Gasteiger partial charge in [-0.15, -0.1) is 0 Å². The van der Waals surface area contributed by atoms with Gasteiger partial charge >= 0.3 is 11.9 Å². The highest BCUT2D eigenvalue weighted by Gasteiger charge is 2.29. The molecule has 0 aliphatic heterocycles. The quantitative estimate of drug-likeness (QED) is 0.0717. The van der Waals surface area contributed by atoms with E-state index < -0.39 is 28.1 Å². The SMILES string of the molecule is CC(=O)C(C)(C)O/N=C(/C)COC=O.CC(C)(C)OC(=O)C(C)(C)Br.COC(=O)/C(COC=O)=N\O. The van der Waals surface area contributed by atoms with Gasteiger partial charge in [-0.05, 0) is 62.3 Å². The number of esters is 2. The van der Waals surface area contributed by atoms with E-state index in [4.69, 9.17) is 14.8 Å². The van der Waals surface area contributed by atoms with E-state index in [-0.39, 0.29) is 30.5 Å². The number of Topliss-reactive ketones (excluding diaryl/α,β-unsaturated/α-hetero) is 1. The number of oxime groups is 2. The van der Waals surface area contributed by atoms with Crippen LogP contribution in [0.3, 0.4) is 0 Å². The first-order chi connectivity index (χ1) is 16.3. The zero-order valence-electron chi connectivity index (χ0n) is 22.4. The Bertz CT molecular complexity index is 780. The normalized spacial score (nSPS) is 11.9. The maximum Gasteiger partial charge on any atom is 0.359 e. The highest BCUT2D eigenvalue weighted by atomic mass is 79.9. The van der Waals surface area contributed by atoms with Crippen LogP contribution in [0.1, 0.15) is 62.3 Å². The molecule has 0 spiro atoms. The van der Waals surface area contributed by atoms with Crippen LogP contribution in [-0.4, -0.2) is 83.1 Å². The summed E-state index contributed by atoms with van der Waals surface area (Å²) in [5.74, 6) is -1.19. The monoisotopic (exact) mass is 584 g/mol. The molecule has 1 N–H and O–H groups in total. The van der Waals surface area contributed by atoms with Crippen LogP contribution in [0.15, 0.2) is 10.3 Å². The van der Waals surface area contributed by atoms with Crippen LogP contribution >= 0.6 is 15.9 Å². The van der Waals surface area contributed by atoms with E-state index in [1.807, 2.05) is 20.8 Å². The molecule has 0 unspecified atom stereocenters. The van der Waals surface area contributed by atoms with E-state index in [1.165, 1.54) is 6.92 Å². The third-order valence-electron chi connectivity index (χ3n) is 3.35. The molecule has 36 heavy (non-hydrogen) atoms. The van der Waals surface area contributed by atoms with Gasteiger partial charge in [0.1, 0.15) is 23.1 Å². The smallest absolute Gasteiger partial charge is 0.359 e. The van der Waals surface area contributed by atoms with Crippen LogP contribution in [0.25, 0.3) is 0 Å². The Morgan fingerprint density at radius 1 is 0.917 bits per heavy atom. The van der Waals surface area contributed by atoms with Gasteiger partial charge in [-0.1, -0.05) is 26.2 Å². The number of nitrogens with zero attached hydrogens (tertiary/aromatic N) is 2. The van der Waals surface area contributed by atoms with Crippen molar-refractivity contribution in [2.75, 3.05) is 20.3 Å². The Balaban J connectivity index is -0.000000459. The lowest BCUT2D eigenvalue weighted by molar-refractivity contribution is -0.156. The predicted molar refractivity (Wildman–Crippen MR) is 133 cm³/mol. The van der Waals surface area contributed by atoms with E-state index in [2.05, 4.69) is 40.5 Å². The molecule has 0 bridgehead atoms. The molecule has 0 aromatic rings. The molecular weight excluding hydrogens is 548 g/mol. The summed E-state index contributed by atoms with van der Waals surface area (Å²) in [4.78, 5) is 57.2. The number of carbonyl (C=O) groups excluding carboxylic acids is 5. The molecule has 0 fully saturated rings. The summed E-state index contributed by atoms with van der Waals surface area (Å²) in [6.07, 6.45) is 0. The second-order valence-electron chi connectivity index (χ2n) is 8.81. The Morgan fingerprint density at radius 2 is 1.39 bits per heavy atom. The van der Waals surface area contributed by atoms with Crippen molar-refractivity contribution in [3.05, 3.63) is 0 Å². The van der Waals surface area contributed by atoms with Gasteiger partial charge in [0, 0.05) is 0 Å². The Labute approximate surface area is 219 Å². The number of hydrogen-bond acceptors (Lipinski definition) is 13. The molecule has 0 atom stereocenters. The largest absolute Gasteiger partial charge is 0.464 e. The highest BCUT2D eigenvalue weighted by molar-refractivity contribution is 9.10. The van der Waals surface area contributed by atoms with Gasteiger partial charge in [-0.2, -0.15) is 0 Å². The minimum Gasteiger partial charge on any atom is -0.464 e. The maximum absolute atomic E-state index is 11.2. The highest BCUT2D eigenvalue weighted by Crippen LogP contribution is 2.21. The van der Waals surface area contributed by atoms with Crippen molar-refractivity contribution in [1.82, 2.24) is 0 Å². The van der Waals surface area contributed by atoms with Crippen LogP contribution in [0.5, 0.6) is 0 Å². The van der Waals surface area contributed by atoms with Gasteiger partial charge in [-0.3, -0.25) is 19.2 Å². The van der Waals surface area contributed by atoms with Crippen LogP contribution in [0.4, 0.5) is 0 Å². The molecule has 0 rings (SSSR count). The van der Waals surface area contributed by atoms with E-state index in [0.29, 0.717) is 12.2 Å². The summed E-state index contributed by atoms with van der Waals surface area (Å²) < 4.78 is 17.3. The molecular formula is C22H37BrN2O11. The lowest BCUT2D eigenvalue weighted by atomic mass is 10.1. The number of ether oxygens (including phenoxy) is 4. The number of carbonyl (C=O) groups is 5. The van der Waals surface area contributed by atoms with Gasteiger partial charge in [0.25, 0.3) is 12.9 Å². The van der Waals surface area contributed by atoms with Gasteiger partial charge in [0.15, 0.2) is 11.4 Å². The fourth-order valence-corrected chi connectivity index (χ4v) is 1.28. The molecule has 0 heterocycles. The molecule has 0 saturated carbocycles. The summed E-state index contributed by atoms with van der Waals surface area (Å²) in [7, 11) is 1.12. The van der Waals surface area contributed by atoms with Crippen molar-refractivity contribution >= 4 is 58.0 Å². The average Bonchev–Trinajstić information content (AvgIpc) is 2.75. The molecule has 0 aliphatic rings. The lowest BCUT2D eigenvalue weighted by Gasteiger charge is -2.24. The Hall–Kier alpha value is -3.03. The Morgan fingerprint density at radius 3 is 1.69 bits per heavy atom. The topological polar surface area (TPSA) is 176 Å². The number of halogens is 1. The predicted octanol–water partition coefficient (Wildman–Crippen LogP) is 2.58. The summed E-state index contributed by atoms with van der Waals surface area (Å²) in [5.41, 5.74) is -1.21. The van der Waals surface area contributed by atoms with Crippen molar-refractivity contribution in [2.45, 2.75) is 77.8 Å². The molecule has 0 aliphatic carbocycles. The molecule has 13 nitrogen and oxygen atoms in total. The summed E-state index contributed by atoms with van der Waals surface area (Å²) >= 11 is 3.22. The molecule has 0 amide bonds. The van der Waals surface area contributed by atoms with Gasteiger partial charge in [0.2, 0.25) is 5.71 Å². The van der Waals surface area contributed by atoms with Crippen LogP contribution in [-0.2, 0) is 47.8 Å². The minimum atomic E-state index is -0.942. The maximum atomic E-state index is 11.2. The lowest BCUT2D eigenvalue weighted by Crippen LogP contribution is -2.34. The van der Waals surface area contributed by atoms with E-state index in [0.717, 1.165) is 7.11 Å². The van der Waals surface area contributed by atoms with Gasteiger partial charge in [-0.25, -0.2) is 4.79 Å². The van der Waals surface area contributed by atoms with Crippen LogP contribution in [0, 0.1) is 0 Å². The Kier molecular flexibility index (Phi) is 19.0. The van der Waals surface area contributed by atoms with Crippen LogP contribution < -0.4 is 0 Å². The van der Waals surface area contributed by atoms with Crippen molar-refractivity contribution in [3.8, 4) is 0 Å². The molecule has 208 valence electrons. The molecule has 0 saturated heterocycles. The number of ketones is 1. The fraction of sp³-hybridized carbons (Fsp3) is 0.682. The molecule has 0 aromatic carbocycles. The van der Waals surface area contributed by atoms with Crippen molar-refractivity contribution in [3.63, 3.8) is 0 Å². The first-order valence-corrected chi connectivity index (χ1v) is 11.1. The zero-order valence-corrected chi connectivity index (χ0v) is 24.0. The van der Waals surface area contributed by atoms with Gasteiger partial charge < -0.3 is 29.0 Å². The number of methoxy groups -OCH3 is 1. The van der Waals surface area contributed by atoms with Crippen LogP contribution in [0.2, 0.25) is 0 Å². The van der Waals surface area contributed by atoms with Gasteiger partial charge in [0.05, 0.1) is 12.8 Å². The zero-order chi connectivity index (χ0) is 29.2. The van der Waals surface area contributed by atoms with E-state index >= 15 is 0 Å². The first-order valence-electron chi connectivity index (χ1n) is 10.3.